The Balaban J connectivity index is 2.58. The lowest BCUT2D eigenvalue weighted by Gasteiger charge is -2.13. The third-order valence-electron chi connectivity index (χ3n) is 3.09. The predicted molar refractivity (Wildman–Crippen MR) is 79.1 cm³/mol. The van der Waals surface area contributed by atoms with Gasteiger partial charge in [0.05, 0.1) is 14.2 Å². The lowest BCUT2D eigenvalue weighted by atomic mass is 9.97. The van der Waals surface area contributed by atoms with Crippen molar-refractivity contribution in [3.8, 4) is 11.5 Å². The van der Waals surface area contributed by atoms with Gasteiger partial charge in [-0.3, -0.25) is 0 Å². The highest BCUT2D eigenvalue weighted by molar-refractivity contribution is 5.81. The molecule has 22 heavy (non-hydrogen) atoms. The summed E-state index contributed by atoms with van der Waals surface area (Å²) in [5, 5.41) is 0. The van der Waals surface area contributed by atoms with Crippen LogP contribution in [0.5, 0.6) is 11.5 Å². The van der Waals surface area contributed by atoms with Crippen molar-refractivity contribution in [2.24, 2.45) is 0 Å². The number of rotatable bonds is 4. The second-order valence-electron chi connectivity index (χ2n) is 4.54. The first-order valence-corrected chi connectivity index (χ1v) is 6.52. The lowest BCUT2D eigenvalue weighted by molar-refractivity contribution is -0.0793. The zero-order chi connectivity index (χ0) is 16.2. The zero-order valence-electron chi connectivity index (χ0n) is 12.1. The SMILES string of the molecule is COc1ccc(/C(=C/C(F)(F)F)c2ccccc2)cc1OC. The molecule has 0 unspecified atom stereocenters. The fourth-order valence-corrected chi connectivity index (χ4v) is 2.12. The molecule has 0 aromatic heterocycles. The molecule has 2 aromatic rings. The summed E-state index contributed by atoms with van der Waals surface area (Å²) in [6.07, 6.45) is -4.12. The topological polar surface area (TPSA) is 18.5 Å². The van der Waals surface area contributed by atoms with Gasteiger partial charge >= 0.3 is 6.18 Å². The molecule has 0 aliphatic carbocycles. The molecule has 0 saturated carbocycles. The van der Waals surface area contributed by atoms with E-state index in [1.165, 1.54) is 20.3 Å². The molecule has 116 valence electrons. The maximum absolute atomic E-state index is 12.9. The quantitative estimate of drug-likeness (QED) is 0.815. The predicted octanol–water partition coefficient (Wildman–Crippen LogP) is 4.70. The van der Waals surface area contributed by atoms with Gasteiger partial charge in [-0.25, -0.2) is 0 Å². The second-order valence-corrected chi connectivity index (χ2v) is 4.54. The molecule has 5 heteroatoms. The molecule has 0 fully saturated rings. The molecular weight excluding hydrogens is 293 g/mol. The summed E-state index contributed by atoms with van der Waals surface area (Å²) in [5.74, 6) is 0.842. The van der Waals surface area contributed by atoms with E-state index in [9.17, 15) is 13.2 Å². The van der Waals surface area contributed by atoms with Gasteiger partial charge in [-0.05, 0) is 28.8 Å². The van der Waals surface area contributed by atoms with Crippen LogP contribution in [0.15, 0.2) is 54.6 Å². The highest BCUT2D eigenvalue weighted by Crippen LogP contribution is 2.34. The highest BCUT2D eigenvalue weighted by atomic mass is 19.4. The largest absolute Gasteiger partial charge is 0.493 e. The molecule has 0 aliphatic rings. The van der Waals surface area contributed by atoms with Gasteiger partial charge in [0.2, 0.25) is 0 Å². The minimum absolute atomic E-state index is 0.0778. The van der Waals surface area contributed by atoms with Gasteiger partial charge in [-0.2, -0.15) is 13.2 Å². The maximum Gasteiger partial charge on any atom is 0.410 e. The van der Waals surface area contributed by atoms with Crippen molar-refractivity contribution in [1.29, 1.82) is 0 Å². The van der Waals surface area contributed by atoms with Crippen molar-refractivity contribution in [3.05, 3.63) is 65.7 Å². The molecule has 0 heterocycles. The van der Waals surface area contributed by atoms with Crippen LogP contribution in [0.2, 0.25) is 0 Å². The Morgan fingerprint density at radius 3 is 2.05 bits per heavy atom. The van der Waals surface area contributed by atoms with Crippen LogP contribution < -0.4 is 9.47 Å². The average molecular weight is 308 g/mol. The van der Waals surface area contributed by atoms with Crippen LogP contribution in [-0.4, -0.2) is 20.4 Å². The first-order valence-electron chi connectivity index (χ1n) is 6.52. The number of benzene rings is 2. The Morgan fingerprint density at radius 2 is 1.50 bits per heavy atom. The molecule has 0 radical (unpaired) electrons. The first kappa shape index (κ1) is 15.9. The van der Waals surface area contributed by atoms with Gasteiger partial charge in [0, 0.05) is 6.08 Å². The van der Waals surface area contributed by atoms with E-state index in [-0.39, 0.29) is 5.57 Å². The van der Waals surface area contributed by atoms with E-state index in [1.807, 2.05) is 0 Å². The molecule has 2 rings (SSSR count). The summed E-state index contributed by atoms with van der Waals surface area (Å²) < 4.78 is 48.9. The van der Waals surface area contributed by atoms with Crippen molar-refractivity contribution in [1.82, 2.24) is 0 Å². The Morgan fingerprint density at radius 1 is 0.864 bits per heavy atom. The maximum atomic E-state index is 12.9. The highest BCUT2D eigenvalue weighted by Gasteiger charge is 2.26. The number of hydrogen-bond acceptors (Lipinski definition) is 2. The Hall–Kier alpha value is -2.43. The van der Waals surface area contributed by atoms with E-state index < -0.39 is 6.18 Å². The number of ether oxygens (including phenoxy) is 2. The van der Waals surface area contributed by atoms with Gasteiger partial charge < -0.3 is 9.47 Å². The second kappa shape index (κ2) is 6.56. The van der Waals surface area contributed by atoms with Gasteiger partial charge in [0.1, 0.15) is 0 Å². The van der Waals surface area contributed by atoms with E-state index in [0.717, 1.165) is 0 Å². The average Bonchev–Trinajstić information content (AvgIpc) is 2.52. The normalized spacial score (nSPS) is 12.1. The monoisotopic (exact) mass is 308 g/mol. The fraction of sp³-hybridized carbons (Fsp3) is 0.176. The number of allylic oxidation sites excluding steroid dienone is 1. The molecule has 2 aromatic carbocycles. The first-order chi connectivity index (χ1) is 10.4. The van der Waals surface area contributed by atoms with Crippen LogP contribution in [0.4, 0.5) is 13.2 Å². The summed E-state index contributed by atoms with van der Waals surface area (Å²) in [6, 6.07) is 13.1. The van der Waals surface area contributed by atoms with Crippen molar-refractivity contribution in [3.63, 3.8) is 0 Å². The summed E-state index contributed by atoms with van der Waals surface area (Å²) in [4.78, 5) is 0. The Labute approximate surface area is 126 Å². The van der Waals surface area contributed by atoms with Crippen LogP contribution in [0.25, 0.3) is 5.57 Å². The van der Waals surface area contributed by atoms with Crippen molar-refractivity contribution < 1.29 is 22.6 Å². The van der Waals surface area contributed by atoms with Gasteiger partial charge in [0.25, 0.3) is 0 Å². The van der Waals surface area contributed by atoms with E-state index in [1.54, 1.807) is 42.5 Å². The van der Waals surface area contributed by atoms with E-state index in [0.29, 0.717) is 28.7 Å². The van der Waals surface area contributed by atoms with Crippen LogP contribution in [0.1, 0.15) is 11.1 Å². The molecule has 0 N–H and O–H groups in total. The Kier molecular flexibility index (Phi) is 4.75. The number of methoxy groups -OCH3 is 2. The van der Waals surface area contributed by atoms with Crippen LogP contribution >= 0.6 is 0 Å². The summed E-state index contributed by atoms with van der Waals surface area (Å²) in [7, 11) is 2.92. The van der Waals surface area contributed by atoms with E-state index >= 15 is 0 Å². The molecule has 0 saturated heterocycles. The number of halogens is 3. The van der Waals surface area contributed by atoms with Crippen LogP contribution in [-0.2, 0) is 0 Å². The van der Waals surface area contributed by atoms with E-state index in [4.69, 9.17) is 9.47 Å². The van der Waals surface area contributed by atoms with Gasteiger partial charge in [-0.1, -0.05) is 36.4 Å². The smallest absolute Gasteiger partial charge is 0.410 e. The zero-order valence-corrected chi connectivity index (χ0v) is 12.1. The number of alkyl halides is 3. The van der Waals surface area contributed by atoms with Gasteiger partial charge in [0.15, 0.2) is 11.5 Å². The molecule has 0 bridgehead atoms. The third kappa shape index (κ3) is 3.81. The Bertz CT molecular complexity index is 661. The fourth-order valence-electron chi connectivity index (χ4n) is 2.12. The molecule has 2 nitrogen and oxygen atoms in total. The van der Waals surface area contributed by atoms with Crippen LogP contribution in [0.3, 0.4) is 0 Å². The van der Waals surface area contributed by atoms with Crippen LogP contribution in [0, 0.1) is 0 Å². The molecular formula is C17H15F3O2. The van der Waals surface area contributed by atoms with Crippen molar-refractivity contribution >= 4 is 5.57 Å². The molecule has 0 amide bonds. The molecule has 0 spiro atoms. The summed E-state index contributed by atoms with van der Waals surface area (Å²) in [5.41, 5.74) is 0.960. The minimum atomic E-state index is -4.42. The molecule has 0 atom stereocenters. The number of hydrogen-bond donors (Lipinski definition) is 0. The standard InChI is InChI=1S/C17H15F3O2/c1-21-15-9-8-13(10-16(15)22-2)14(11-17(18,19)20)12-6-4-3-5-7-12/h3-11H,1-2H3/b14-11+. The van der Waals surface area contributed by atoms with Crippen molar-refractivity contribution in [2.45, 2.75) is 6.18 Å². The van der Waals surface area contributed by atoms with Gasteiger partial charge in [-0.15, -0.1) is 0 Å². The lowest BCUT2D eigenvalue weighted by Crippen LogP contribution is -2.04. The molecule has 0 aliphatic heterocycles. The summed E-state index contributed by atoms with van der Waals surface area (Å²) in [6.45, 7) is 0. The van der Waals surface area contributed by atoms with E-state index in [2.05, 4.69) is 0 Å². The third-order valence-corrected chi connectivity index (χ3v) is 3.09. The summed E-state index contributed by atoms with van der Waals surface area (Å²) >= 11 is 0. The van der Waals surface area contributed by atoms with Crippen molar-refractivity contribution in [2.75, 3.05) is 14.2 Å². The minimum Gasteiger partial charge on any atom is -0.493 e.